The van der Waals surface area contributed by atoms with E-state index in [1.807, 2.05) is 19.1 Å². The molecule has 3 rings (SSSR count). The monoisotopic (exact) mass is 451 g/mol. The van der Waals surface area contributed by atoms with E-state index in [2.05, 4.69) is 10.2 Å². The van der Waals surface area contributed by atoms with Crippen molar-refractivity contribution in [1.29, 1.82) is 0 Å². The van der Waals surface area contributed by atoms with Crippen LogP contribution in [-0.2, 0) is 9.59 Å². The van der Waals surface area contributed by atoms with Crippen molar-refractivity contribution in [1.82, 2.24) is 10.2 Å². The van der Waals surface area contributed by atoms with Crippen molar-refractivity contribution in [2.75, 3.05) is 0 Å². The summed E-state index contributed by atoms with van der Waals surface area (Å²) in [6.45, 7) is 1.86. The van der Waals surface area contributed by atoms with Crippen LogP contribution in [0.15, 0.2) is 42.6 Å². The number of benzene rings is 2. The Kier molecular flexibility index (Phi) is 7.95. The molecule has 1 aromatic heterocycles. The third-order valence-corrected chi connectivity index (χ3v) is 4.51. The summed E-state index contributed by atoms with van der Waals surface area (Å²) in [6, 6.07) is 9.70. The number of nitrogens with two attached hydrogens (primary N) is 1. The summed E-state index contributed by atoms with van der Waals surface area (Å²) in [5, 5.41) is 42.0. The first kappa shape index (κ1) is 24.1. The lowest BCUT2D eigenvalue weighted by Gasteiger charge is -2.16. The average Bonchev–Trinajstić information content (AvgIpc) is 2.72. The van der Waals surface area contributed by atoms with Crippen LogP contribution in [0.4, 0.5) is 4.39 Å². The number of carboxylic acids is 2. The molecular weight excluding hydrogens is 433 g/mol. The van der Waals surface area contributed by atoms with Crippen LogP contribution < -0.4 is 5.73 Å². The van der Waals surface area contributed by atoms with E-state index in [0.717, 1.165) is 16.5 Å². The van der Waals surface area contributed by atoms with E-state index in [0.29, 0.717) is 16.1 Å². The normalized spacial score (nSPS) is 13.6. The van der Waals surface area contributed by atoms with Crippen LogP contribution in [0.2, 0.25) is 5.02 Å². The van der Waals surface area contributed by atoms with Crippen molar-refractivity contribution in [2.24, 2.45) is 5.73 Å². The summed E-state index contributed by atoms with van der Waals surface area (Å²) in [6.07, 6.45) is -2.95. The van der Waals surface area contributed by atoms with Gasteiger partial charge in [-0.25, -0.2) is 14.0 Å². The Hall–Kier alpha value is -3.18. The molecule has 0 spiro atoms. The number of halogens is 2. The van der Waals surface area contributed by atoms with E-state index in [1.165, 1.54) is 12.1 Å². The number of aliphatic hydroxyl groups is 2. The van der Waals surface area contributed by atoms with E-state index in [-0.39, 0.29) is 11.9 Å². The molecule has 0 aliphatic carbocycles. The standard InChI is InChI=1S/C16H13ClFN3.C4H6O6/c1-9(19)13-8-14(17)12-5-6-20-21-16(12)15(13)10-3-2-4-11(18)7-10;5-1(3(7)8)2(6)4(9)10/h2-9H,19H2,1H3;1-2,5-6H,(H,7,8)(H,9,10)/t9-;/m0./s1. The lowest BCUT2D eigenvalue weighted by molar-refractivity contribution is -0.165. The van der Waals surface area contributed by atoms with Gasteiger partial charge in [0.05, 0.1) is 11.2 Å². The molecule has 6 N–H and O–H groups in total. The van der Waals surface area contributed by atoms with Gasteiger partial charge < -0.3 is 26.2 Å². The Balaban J connectivity index is 0.000000291. The first-order chi connectivity index (χ1) is 14.5. The Morgan fingerprint density at radius 2 is 1.71 bits per heavy atom. The van der Waals surface area contributed by atoms with E-state index >= 15 is 0 Å². The molecule has 164 valence electrons. The molecule has 2 unspecified atom stereocenters. The van der Waals surface area contributed by atoms with E-state index < -0.39 is 24.1 Å². The minimum absolute atomic E-state index is 0.257. The lowest BCUT2D eigenvalue weighted by atomic mass is 9.93. The molecule has 0 bridgehead atoms. The number of hydrogen-bond acceptors (Lipinski definition) is 7. The van der Waals surface area contributed by atoms with Crippen LogP contribution in [0, 0.1) is 5.82 Å². The quantitative estimate of drug-likeness (QED) is 0.389. The maximum absolute atomic E-state index is 13.6. The number of carboxylic acid groups (broad SMARTS) is 2. The number of hydrogen-bond donors (Lipinski definition) is 5. The van der Waals surface area contributed by atoms with Gasteiger partial charge in [0.1, 0.15) is 11.3 Å². The highest BCUT2D eigenvalue weighted by Gasteiger charge is 2.29. The van der Waals surface area contributed by atoms with Crippen LogP contribution >= 0.6 is 11.6 Å². The third-order valence-electron chi connectivity index (χ3n) is 4.19. The highest BCUT2D eigenvalue weighted by atomic mass is 35.5. The topological polar surface area (TPSA) is 167 Å². The van der Waals surface area contributed by atoms with Crippen molar-refractivity contribution in [3.63, 3.8) is 0 Å². The molecule has 0 saturated heterocycles. The highest BCUT2D eigenvalue weighted by molar-refractivity contribution is 6.36. The fourth-order valence-corrected chi connectivity index (χ4v) is 2.98. The number of nitrogens with zero attached hydrogens (tertiary/aromatic N) is 2. The number of aromatic nitrogens is 2. The second kappa shape index (κ2) is 10.2. The van der Waals surface area contributed by atoms with Crippen LogP contribution in [0.5, 0.6) is 0 Å². The second-order valence-corrected chi connectivity index (χ2v) is 6.89. The molecule has 0 fully saturated rings. The summed E-state index contributed by atoms with van der Waals surface area (Å²) >= 11 is 6.30. The molecule has 9 nitrogen and oxygen atoms in total. The largest absolute Gasteiger partial charge is 0.479 e. The molecule has 1 heterocycles. The molecular formula is C20H19ClFN3O6. The van der Waals surface area contributed by atoms with Gasteiger partial charge >= 0.3 is 11.9 Å². The fraction of sp³-hybridized carbons (Fsp3) is 0.200. The van der Waals surface area contributed by atoms with Gasteiger partial charge in [-0.2, -0.15) is 5.10 Å². The third kappa shape index (κ3) is 5.70. The van der Waals surface area contributed by atoms with Crippen LogP contribution in [0.1, 0.15) is 18.5 Å². The number of aliphatic hydroxyl groups excluding tert-OH is 2. The smallest absolute Gasteiger partial charge is 0.335 e. The van der Waals surface area contributed by atoms with Gasteiger partial charge in [-0.3, -0.25) is 0 Å². The molecule has 31 heavy (non-hydrogen) atoms. The molecule has 11 heteroatoms. The highest BCUT2D eigenvalue weighted by Crippen LogP contribution is 2.37. The maximum atomic E-state index is 13.6. The predicted octanol–water partition coefficient (Wildman–Crippen LogP) is 1.99. The average molecular weight is 452 g/mol. The Bertz CT molecular complexity index is 1090. The van der Waals surface area contributed by atoms with Gasteiger partial charge in [-0.15, -0.1) is 5.10 Å². The molecule has 2 aromatic carbocycles. The summed E-state index contributed by atoms with van der Waals surface area (Å²) in [4.78, 5) is 19.5. The van der Waals surface area contributed by atoms with Gasteiger partial charge in [0, 0.05) is 17.0 Å². The van der Waals surface area contributed by atoms with Crippen LogP contribution in [0.25, 0.3) is 22.0 Å². The van der Waals surface area contributed by atoms with E-state index in [4.69, 9.17) is 37.8 Å². The van der Waals surface area contributed by atoms with Gasteiger partial charge in [0.2, 0.25) is 0 Å². The fourth-order valence-electron chi connectivity index (χ4n) is 2.71. The van der Waals surface area contributed by atoms with Crippen molar-refractivity contribution in [3.8, 4) is 11.1 Å². The summed E-state index contributed by atoms with van der Waals surface area (Å²) in [7, 11) is 0. The first-order valence-electron chi connectivity index (χ1n) is 8.81. The van der Waals surface area contributed by atoms with Gasteiger partial charge in [-0.05, 0) is 42.3 Å². The predicted molar refractivity (Wildman–Crippen MR) is 110 cm³/mol. The SMILES string of the molecule is C[C@H](N)c1cc(Cl)c2ccnnc2c1-c1cccc(F)c1.O=C(O)C(O)C(O)C(=O)O. The molecule has 0 saturated carbocycles. The summed E-state index contributed by atoms with van der Waals surface area (Å²) in [5.41, 5.74) is 8.98. The molecule has 0 amide bonds. The molecule has 3 atom stereocenters. The van der Waals surface area contributed by atoms with Crippen LogP contribution in [-0.4, -0.2) is 54.8 Å². The molecule has 0 radical (unpaired) electrons. The Morgan fingerprint density at radius 1 is 1.10 bits per heavy atom. The Morgan fingerprint density at radius 3 is 2.23 bits per heavy atom. The van der Waals surface area contributed by atoms with Crippen molar-refractivity contribution >= 4 is 34.4 Å². The summed E-state index contributed by atoms with van der Waals surface area (Å²) < 4.78 is 13.6. The van der Waals surface area contributed by atoms with Gasteiger partial charge in [0.25, 0.3) is 0 Å². The van der Waals surface area contributed by atoms with Crippen molar-refractivity contribution in [2.45, 2.75) is 25.2 Å². The van der Waals surface area contributed by atoms with E-state index in [1.54, 1.807) is 18.3 Å². The maximum Gasteiger partial charge on any atom is 0.335 e. The number of carbonyl (C=O) groups is 2. The number of fused-ring (bicyclic) bond motifs is 1. The van der Waals surface area contributed by atoms with Crippen molar-refractivity contribution in [3.05, 3.63) is 59.0 Å². The molecule has 0 aliphatic heterocycles. The zero-order valence-corrected chi connectivity index (χ0v) is 16.9. The van der Waals surface area contributed by atoms with Crippen LogP contribution in [0.3, 0.4) is 0 Å². The Labute approximate surface area is 180 Å². The zero-order chi connectivity index (χ0) is 23.3. The second-order valence-electron chi connectivity index (χ2n) is 6.48. The minimum Gasteiger partial charge on any atom is -0.479 e. The lowest BCUT2D eigenvalue weighted by Crippen LogP contribution is -2.39. The molecule has 3 aromatic rings. The number of rotatable bonds is 5. The summed E-state index contributed by atoms with van der Waals surface area (Å²) in [5.74, 6) is -3.85. The van der Waals surface area contributed by atoms with E-state index in [9.17, 15) is 14.0 Å². The van der Waals surface area contributed by atoms with Gasteiger partial charge in [-0.1, -0.05) is 23.7 Å². The molecule has 0 aliphatic rings. The minimum atomic E-state index is -2.27. The van der Waals surface area contributed by atoms with Gasteiger partial charge in [0.15, 0.2) is 12.2 Å². The number of aliphatic carboxylic acids is 2. The van der Waals surface area contributed by atoms with Crippen molar-refractivity contribution < 1.29 is 34.4 Å². The first-order valence-corrected chi connectivity index (χ1v) is 9.19. The zero-order valence-electron chi connectivity index (χ0n) is 16.1.